The number of hydrogen-bond donors (Lipinski definition) is 2. The second kappa shape index (κ2) is 11.0. The van der Waals surface area contributed by atoms with E-state index in [4.69, 9.17) is 10.5 Å². The van der Waals surface area contributed by atoms with Crippen LogP contribution in [0.15, 0.2) is 0 Å². The SMILES string of the molecule is CCOC(=O)CCNC(=O)CCC(CC)CCN. The zero-order valence-electron chi connectivity index (χ0n) is 11.5. The van der Waals surface area contributed by atoms with Crippen LogP contribution in [-0.2, 0) is 14.3 Å². The normalized spacial score (nSPS) is 11.9. The van der Waals surface area contributed by atoms with Gasteiger partial charge in [-0.3, -0.25) is 9.59 Å². The monoisotopic (exact) mass is 258 g/mol. The molecule has 0 bridgehead atoms. The van der Waals surface area contributed by atoms with Crippen molar-refractivity contribution in [1.82, 2.24) is 5.32 Å². The third-order valence-electron chi connectivity index (χ3n) is 2.89. The van der Waals surface area contributed by atoms with Gasteiger partial charge in [0.2, 0.25) is 5.91 Å². The van der Waals surface area contributed by atoms with Crippen LogP contribution in [0.4, 0.5) is 0 Å². The third-order valence-corrected chi connectivity index (χ3v) is 2.89. The Morgan fingerprint density at radius 3 is 2.50 bits per heavy atom. The van der Waals surface area contributed by atoms with Crippen LogP contribution in [0.1, 0.15) is 46.0 Å². The summed E-state index contributed by atoms with van der Waals surface area (Å²) in [5, 5.41) is 2.72. The van der Waals surface area contributed by atoms with Gasteiger partial charge in [0.25, 0.3) is 0 Å². The van der Waals surface area contributed by atoms with Crippen molar-refractivity contribution in [2.75, 3.05) is 19.7 Å². The summed E-state index contributed by atoms with van der Waals surface area (Å²) in [5.74, 6) is 0.243. The molecular formula is C13H26N2O3. The lowest BCUT2D eigenvalue weighted by molar-refractivity contribution is -0.143. The predicted molar refractivity (Wildman–Crippen MR) is 70.9 cm³/mol. The van der Waals surface area contributed by atoms with Gasteiger partial charge >= 0.3 is 5.97 Å². The summed E-state index contributed by atoms with van der Waals surface area (Å²) in [6, 6.07) is 0. The fraction of sp³-hybridized carbons (Fsp3) is 0.846. The average Bonchev–Trinajstić information content (AvgIpc) is 2.34. The van der Waals surface area contributed by atoms with Crippen LogP contribution >= 0.6 is 0 Å². The van der Waals surface area contributed by atoms with E-state index in [9.17, 15) is 9.59 Å². The minimum absolute atomic E-state index is 0.00484. The topological polar surface area (TPSA) is 81.4 Å². The molecule has 0 spiro atoms. The minimum Gasteiger partial charge on any atom is -0.466 e. The van der Waals surface area contributed by atoms with Gasteiger partial charge in [-0.1, -0.05) is 13.3 Å². The Balaban J connectivity index is 3.61. The molecule has 0 radical (unpaired) electrons. The van der Waals surface area contributed by atoms with E-state index in [1.807, 2.05) is 0 Å². The van der Waals surface area contributed by atoms with Crippen molar-refractivity contribution >= 4 is 11.9 Å². The first-order valence-electron chi connectivity index (χ1n) is 6.76. The first-order chi connectivity index (χ1) is 8.63. The Labute approximate surface area is 109 Å². The van der Waals surface area contributed by atoms with E-state index in [0.717, 1.165) is 19.3 Å². The molecule has 5 nitrogen and oxygen atoms in total. The molecule has 0 saturated carbocycles. The largest absolute Gasteiger partial charge is 0.466 e. The zero-order valence-corrected chi connectivity index (χ0v) is 11.5. The first-order valence-corrected chi connectivity index (χ1v) is 6.76. The minimum atomic E-state index is -0.271. The molecule has 0 rings (SSSR count). The van der Waals surface area contributed by atoms with Crippen LogP contribution < -0.4 is 11.1 Å². The van der Waals surface area contributed by atoms with E-state index in [1.165, 1.54) is 0 Å². The molecule has 1 amide bonds. The maximum Gasteiger partial charge on any atom is 0.307 e. The van der Waals surface area contributed by atoms with Gasteiger partial charge in [0.05, 0.1) is 13.0 Å². The average molecular weight is 258 g/mol. The van der Waals surface area contributed by atoms with E-state index in [2.05, 4.69) is 12.2 Å². The Morgan fingerprint density at radius 2 is 1.94 bits per heavy atom. The number of nitrogens with two attached hydrogens (primary N) is 1. The molecule has 5 heteroatoms. The highest BCUT2D eigenvalue weighted by atomic mass is 16.5. The summed E-state index contributed by atoms with van der Waals surface area (Å²) >= 11 is 0. The summed E-state index contributed by atoms with van der Waals surface area (Å²) < 4.78 is 4.77. The van der Waals surface area contributed by atoms with Gasteiger partial charge in [0.15, 0.2) is 0 Å². The quantitative estimate of drug-likeness (QED) is 0.577. The molecule has 18 heavy (non-hydrogen) atoms. The Kier molecular flexibility index (Phi) is 10.3. The second-order valence-electron chi connectivity index (χ2n) is 4.30. The molecule has 1 atom stereocenters. The van der Waals surface area contributed by atoms with Gasteiger partial charge in [-0.25, -0.2) is 0 Å². The number of esters is 1. The van der Waals surface area contributed by atoms with Crippen LogP contribution in [0.2, 0.25) is 0 Å². The summed E-state index contributed by atoms with van der Waals surface area (Å²) in [5.41, 5.74) is 5.50. The van der Waals surface area contributed by atoms with Gasteiger partial charge in [-0.2, -0.15) is 0 Å². The summed E-state index contributed by atoms with van der Waals surface area (Å²) in [4.78, 5) is 22.5. The van der Waals surface area contributed by atoms with Crippen LogP contribution in [0, 0.1) is 5.92 Å². The molecule has 0 saturated heterocycles. The van der Waals surface area contributed by atoms with E-state index in [-0.39, 0.29) is 18.3 Å². The number of rotatable bonds is 10. The van der Waals surface area contributed by atoms with E-state index >= 15 is 0 Å². The van der Waals surface area contributed by atoms with Crippen molar-refractivity contribution < 1.29 is 14.3 Å². The van der Waals surface area contributed by atoms with Gasteiger partial charge in [0.1, 0.15) is 0 Å². The number of hydrogen-bond acceptors (Lipinski definition) is 4. The Hall–Kier alpha value is -1.10. The molecule has 3 N–H and O–H groups in total. The third kappa shape index (κ3) is 8.98. The fourth-order valence-electron chi connectivity index (χ4n) is 1.75. The molecular weight excluding hydrogens is 232 g/mol. The molecule has 0 aliphatic carbocycles. The van der Waals surface area contributed by atoms with E-state index < -0.39 is 0 Å². The van der Waals surface area contributed by atoms with Crippen LogP contribution in [0.3, 0.4) is 0 Å². The van der Waals surface area contributed by atoms with Crippen molar-refractivity contribution in [2.24, 2.45) is 11.7 Å². The highest BCUT2D eigenvalue weighted by Gasteiger charge is 2.09. The molecule has 0 heterocycles. The molecule has 0 fully saturated rings. The van der Waals surface area contributed by atoms with Gasteiger partial charge < -0.3 is 15.8 Å². The predicted octanol–water partition coefficient (Wildman–Crippen LogP) is 1.21. The molecule has 0 aromatic carbocycles. The molecule has 106 valence electrons. The summed E-state index contributed by atoms with van der Waals surface area (Å²) in [7, 11) is 0. The summed E-state index contributed by atoms with van der Waals surface area (Å²) in [6.45, 7) is 5.27. The van der Waals surface area contributed by atoms with Crippen molar-refractivity contribution in [3.05, 3.63) is 0 Å². The summed E-state index contributed by atoms with van der Waals surface area (Å²) in [6.07, 6.45) is 3.61. The lowest BCUT2D eigenvalue weighted by Crippen LogP contribution is -2.27. The molecule has 0 aromatic rings. The molecule has 1 unspecified atom stereocenters. The standard InChI is InChI=1S/C13H26N2O3/c1-3-11(7-9-14)5-6-12(16)15-10-8-13(17)18-4-2/h11H,3-10,14H2,1-2H3,(H,15,16). The number of carbonyl (C=O) groups is 2. The Bertz CT molecular complexity index is 244. The fourth-order valence-corrected chi connectivity index (χ4v) is 1.75. The molecule has 0 aliphatic heterocycles. The lowest BCUT2D eigenvalue weighted by Gasteiger charge is -2.13. The number of amides is 1. The van der Waals surface area contributed by atoms with E-state index in [1.54, 1.807) is 6.92 Å². The van der Waals surface area contributed by atoms with Crippen LogP contribution in [0.25, 0.3) is 0 Å². The number of nitrogens with one attached hydrogen (secondary N) is 1. The van der Waals surface area contributed by atoms with Crippen molar-refractivity contribution in [3.63, 3.8) is 0 Å². The van der Waals surface area contributed by atoms with Crippen LogP contribution in [0.5, 0.6) is 0 Å². The lowest BCUT2D eigenvalue weighted by atomic mass is 9.96. The van der Waals surface area contributed by atoms with Gasteiger partial charge in [-0.05, 0) is 32.2 Å². The van der Waals surface area contributed by atoms with E-state index in [0.29, 0.717) is 32.0 Å². The molecule has 0 aromatic heterocycles. The van der Waals surface area contributed by atoms with Gasteiger partial charge in [0, 0.05) is 13.0 Å². The maximum atomic E-state index is 11.5. The molecule has 0 aliphatic rings. The number of ether oxygens (including phenoxy) is 1. The zero-order chi connectivity index (χ0) is 13.8. The van der Waals surface area contributed by atoms with Crippen molar-refractivity contribution in [1.29, 1.82) is 0 Å². The smallest absolute Gasteiger partial charge is 0.307 e. The Morgan fingerprint density at radius 1 is 1.22 bits per heavy atom. The highest BCUT2D eigenvalue weighted by molar-refractivity contribution is 5.77. The van der Waals surface area contributed by atoms with Crippen molar-refractivity contribution in [3.8, 4) is 0 Å². The van der Waals surface area contributed by atoms with Crippen LogP contribution in [-0.4, -0.2) is 31.6 Å². The highest BCUT2D eigenvalue weighted by Crippen LogP contribution is 2.14. The number of carbonyl (C=O) groups excluding carboxylic acids is 2. The maximum absolute atomic E-state index is 11.5. The van der Waals surface area contributed by atoms with Crippen molar-refractivity contribution in [2.45, 2.75) is 46.0 Å². The first kappa shape index (κ1) is 16.9. The second-order valence-corrected chi connectivity index (χ2v) is 4.30. The van der Waals surface area contributed by atoms with Gasteiger partial charge in [-0.15, -0.1) is 0 Å².